The van der Waals surface area contributed by atoms with Crippen LogP contribution in [0.25, 0.3) is 10.9 Å². The van der Waals surface area contributed by atoms with Crippen LogP contribution >= 0.6 is 11.6 Å². The number of hydrogen-bond acceptors (Lipinski definition) is 2. The summed E-state index contributed by atoms with van der Waals surface area (Å²) in [7, 11) is 0. The standard InChI is InChI=1S/C20H21ClN4O/c21-16-4-3-5-17(12-16)23-20(26)25-10-8-24(9-11-25)14-15-13-22-19-7-2-1-6-18(15)19/h1-7,12-13,22H,8-11,14H2,(H,23,26). The normalized spacial score (nSPS) is 15.3. The molecule has 1 aliphatic heterocycles. The van der Waals surface area contributed by atoms with E-state index in [1.165, 1.54) is 16.5 Å². The van der Waals surface area contributed by atoms with Crippen molar-refractivity contribution in [1.29, 1.82) is 0 Å². The van der Waals surface area contributed by atoms with Gasteiger partial charge < -0.3 is 15.2 Å². The van der Waals surface area contributed by atoms with Gasteiger partial charge in [-0.25, -0.2) is 4.79 Å². The third kappa shape index (κ3) is 3.69. The van der Waals surface area contributed by atoms with Gasteiger partial charge in [-0.05, 0) is 29.8 Å². The molecule has 1 aliphatic rings. The number of para-hydroxylation sites is 1. The summed E-state index contributed by atoms with van der Waals surface area (Å²) < 4.78 is 0. The van der Waals surface area contributed by atoms with Gasteiger partial charge in [-0.15, -0.1) is 0 Å². The van der Waals surface area contributed by atoms with Gasteiger partial charge in [0, 0.05) is 60.5 Å². The number of aromatic amines is 1. The fourth-order valence-corrected chi connectivity index (χ4v) is 3.57. The van der Waals surface area contributed by atoms with Crippen molar-refractivity contribution in [3.8, 4) is 0 Å². The maximum atomic E-state index is 12.4. The van der Waals surface area contributed by atoms with Gasteiger partial charge in [-0.1, -0.05) is 35.9 Å². The molecule has 0 unspecified atom stereocenters. The lowest BCUT2D eigenvalue weighted by atomic mass is 10.1. The minimum atomic E-state index is -0.0704. The molecule has 134 valence electrons. The van der Waals surface area contributed by atoms with Crippen LogP contribution in [-0.2, 0) is 6.54 Å². The maximum absolute atomic E-state index is 12.4. The van der Waals surface area contributed by atoms with E-state index in [2.05, 4.69) is 39.6 Å². The second-order valence-electron chi connectivity index (χ2n) is 6.56. The lowest BCUT2D eigenvalue weighted by Crippen LogP contribution is -2.49. The first-order valence-electron chi connectivity index (χ1n) is 8.78. The zero-order valence-corrected chi connectivity index (χ0v) is 15.2. The molecule has 2 N–H and O–H groups in total. The topological polar surface area (TPSA) is 51.4 Å². The lowest BCUT2D eigenvalue weighted by molar-refractivity contribution is 0.143. The Morgan fingerprint density at radius 3 is 2.69 bits per heavy atom. The number of H-pyrrole nitrogens is 1. The third-order valence-corrected chi connectivity index (χ3v) is 5.04. The second kappa shape index (κ2) is 7.40. The van der Waals surface area contributed by atoms with E-state index in [1.54, 1.807) is 12.1 Å². The molecule has 0 atom stereocenters. The van der Waals surface area contributed by atoms with E-state index in [0.29, 0.717) is 5.02 Å². The van der Waals surface area contributed by atoms with Crippen LogP contribution in [0.2, 0.25) is 5.02 Å². The molecule has 26 heavy (non-hydrogen) atoms. The molecule has 1 fully saturated rings. The third-order valence-electron chi connectivity index (χ3n) is 4.80. The number of amides is 2. The maximum Gasteiger partial charge on any atom is 0.321 e. The van der Waals surface area contributed by atoms with Crippen molar-refractivity contribution in [3.63, 3.8) is 0 Å². The monoisotopic (exact) mass is 368 g/mol. The number of halogens is 1. The summed E-state index contributed by atoms with van der Waals surface area (Å²) in [6, 6.07) is 15.5. The Bertz CT molecular complexity index is 915. The first-order chi connectivity index (χ1) is 12.7. The van der Waals surface area contributed by atoms with E-state index < -0.39 is 0 Å². The number of nitrogens with one attached hydrogen (secondary N) is 2. The van der Waals surface area contributed by atoms with E-state index in [1.807, 2.05) is 23.1 Å². The average Bonchev–Trinajstić information content (AvgIpc) is 3.05. The van der Waals surface area contributed by atoms with Gasteiger partial charge in [-0.3, -0.25) is 4.90 Å². The smallest absolute Gasteiger partial charge is 0.321 e. The van der Waals surface area contributed by atoms with Gasteiger partial charge in [0.1, 0.15) is 0 Å². The SMILES string of the molecule is O=C(Nc1cccc(Cl)c1)N1CCN(Cc2c[nH]c3ccccc23)CC1. The summed E-state index contributed by atoms with van der Waals surface area (Å²) in [5, 5.41) is 4.80. The van der Waals surface area contributed by atoms with E-state index in [9.17, 15) is 4.79 Å². The number of anilines is 1. The van der Waals surface area contributed by atoms with E-state index in [0.717, 1.165) is 38.4 Å². The van der Waals surface area contributed by atoms with Gasteiger partial charge in [0.2, 0.25) is 0 Å². The average molecular weight is 369 g/mol. The summed E-state index contributed by atoms with van der Waals surface area (Å²) in [5.41, 5.74) is 3.20. The molecule has 0 radical (unpaired) electrons. The van der Waals surface area contributed by atoms with E-state index in [4.69, 9.17) is 11.6 Å². The van der Waals surface area contributed by atoms with Crippen molar-refractivity contribution in [1.82, 2.24) is 14.8 Å². The predicted octanol–water partition coefficient (Wildman–Crippen LogP) is 4.17. The van der Waals surface area contributed by atoms with Crippen molar-refractivity contribution < 1.29 is 4.79 Å². The lowest BCUT2D eigenvalue weighted by Gasteiger charge is -2.34. The fraction of sp³-hybridized carbons (Fsp3) is 0.250. The van der Waals surface area contributed by atoms with Crippen LogP contribution < -0.4 is 5.32 Å². The van der Waals surface area contributed by atoms with Gasteiger partial charge in [0.25, 0.3) is 0 Å². The van der Waals surface area contributed by atoms with Gasteiger partial charge in [-0.2, -0.15) is 0 Å². The Hall–Kier alpha value is -2.50. The summed E-state index contributed by atoms with van der Waals surface area (Å²) in [5.74, 6) is 0. The van der Waals surface area contributed by atoms with Crippen LogP contribution in [0.5, 0.6) is 0 Å². The number of carbonyl (C=O) groups excluding carboxylic acids is 1. The van der Waals surface area contributed by atoms with Crippen LogP contribution in [0.4, 0.5) is 10.5 Å². The molecule has 5 nitrogen and oxygen atoms in total. The number of benzene rings is 2. The Morgan fingerprint density at radius 1 is 1.08 bits per heavy atom. The number of fused-ring (bicyclic) bond motifs is 1. The molecule has 4 rings (SSSR count). The van der Waals surface area contributed by atoms with E-state index in [-0.39, 0.29) is 6.03 Å². The number of rotatable bonds is 3. The van der Waals surface area contributed by atoms with Crippen molar-refractivity contribution >= 4 is 34.2 Å². The Kier molecular flexibility index (Phi) is 4.82. The summed E-state index contributed by atoms with van der Waals surface area (Å²) >= 11 is 5.97. The molecule has 3 aromatic rings. The molecule has 6 heteroatoms. The van der Waals surface area contributed by atoms with E-state index >= 15 is 0 Å². The fourth-order valence-electron chi connectivity index (χ4n) is 3.38. The molecule has 0 aliphatic carbocycles. The predicted molar refractivity (Wildman–Crippen MR) is 106 cm³/mol. The Morgan fingerprint density at radius 2 is 1.88 bits per heavy atom. The van der Waals surface area contributed by atoms with Crippen molar-refractivity contribution in [2.24, 2.45) is 0 Å². The minimum absolute atomic E-state index is 0.0704. The summed E-state index contributed by atoms with van der Waals surface area (Å²) in [6.07, 6.45) is 2.09. The molecule has 1 saturated heterocycles. The van der Waals surface area contributed by atoms with Crippen molar-refractivity contribution in [2.45, 2.75) is 6.54 Å². The van der Waals surface area contributed by atoms with Crippen molar-refractivity contribution in [3.05, 3.63) is 65.3 Å². The Labute approximate surface area is 157 Å². The van der Waals surface area contributed by atoms with Crippen LogP contribution in [-0.4, -0.2) is 47.0 Å². The van der Waals surface area contributed by atoms with Crippen LogP contribution in [0.15, 0.2) is 54.7 Å². The van der Waals surface area contributed by atoms with Gasteiger partial charge in [0.05, 0.1) is 0 Å². The molecule has 0 spiro atoms. The first-order valence-corrected chi connectivity index (χ1v) is 9.16. The zero-order valence-electron chi connectivity index (χ0n) is 14.4. The van der Waals surface area contributed by atoms with Gasteiger partial charge >= 0.3 is 6.03 Å². The summed E-state index contributed by atoms with van der Waals surface area (Å²) in [4.78, 5) is 20.0. The summed E-state index contributed by atoms with van der Waals surface area (Å²) in [6.45, 7) is 4.06. The highest BCUT2D eigenvalue weighted by Gasteiger charge is 2.21. The minimum Gasteiger partial charge on any atom is -0.361 e. The van der Waals surface area contributed by atoms with Crippen molar-refractivity contribution in [2.75, 3.05) is 31.5 Å². The highest BCUT2D eigenvalue weighted by Crippen LogP contribution is 2.20. The highest BCUT2D eigenvalue weighted by atomic mass is 35.5. The molecular weight excluding hydrogens is 348 g/mol. The number of hydrogen-bond donors (Lipinski definition) is 2. The number of piperazine rings is 1. The molecule has 0 bridgehead atoms. The van der Waals surface area contributed by atoms with Crippen LogP contribution in [0.1, 0.15) is 5.56 Å². The number of urea groups is 1. The largest absolute Gasteiger partial charge is 0.361 e. The molecule has 2 amide bonds. The number of carbonyl (C=O) groups is 1. The zero-order chi connectivity index (χ0) is 17.9. The first kappa shape index (κ1) is 16.9. The molecule has 2 heterocycles. The van der Waals surface area contributed by atoms with Crippen LogP contribution in [0.3, 0.4) is 0 Å². The molecule has 2 aromatic carbocycles. The molecule has 1 aromatic heterocycles. The molecular formula is C20H21ClN4O. The second-order valence-corrected chi connectivity index (χ2v) is 7.00. The number of aromatic nitrogens is 1. The Balaban J connectivity index is 1.33. The van der Waals surface area contributed by atoms with Gasteiger partial charge in [0.15, 0.2) is 0 Å². The quantitative estimate of drug-likeness (QED) is 0.729. The van der Waals surface area contributed by atoms with Crippen LogP contribution in [0, 0.1) is 0 Å². The highest BCUT2D eigenvalue weighted by molar-refractivity contribution is 6.30. The molecule has 0 saturated carbocycles. The number of nitrogens with zero attached hydrogens (tertiary/aromatic N) is 2.